The molecule has 2 aliphatic rings. The number of aromatic nitrogens is 3. The largest absolute Gasteiger partial charge is 0.342 e. The number of hydrogen-bond donors (Lipinski definition) is 1. The van der Waals surface area contributed by atoms with Crippen LogP contribution in [0.5, 0.6) is 0 Å². The Morgan fingerprint density at radius 1 is 1.26 bits per heavy atom. The molecular weight excluding hydrogens is 290 g/mol. The quantitative estimate of drug-likeness (QED) is 0.900. The molecule has 1 N–H and O–H groups in total. The van der Waals surface area contributed by atoms with E-state index in [2.05, 4.69) is 34.1 Å². The van der Waals surface area contributed by atoms with Gasteiger partial charge in [0.15, 0.2) is 0 Å². The maximum Gasteiger partial charge on any atom is 0.225 e. The Kier molecular flexibility index (Phi) is 4.99. The molecule has 1 amide bonds. The fraction of sp³-hybridized carbons (Fsp3) is 0.824. The summed E-state index contributed by atoms with van der Waals surface area (Å²) < 4.78 is 1.85. The molecule has 1 aliphatic carbocycles. The summed E-state index contributed by atoms with van der Waals surface area (Å²) in [6.45, 7) is 6.19. The average Bonchev–Trinajstić information content (AvgIpc) is 2.89. The van der Waals surface area contributed by atoms with Gasteiger partial charge in [-0.3, -0.25) is 9.48 Å². The van der Waals surface area contributed by atoms with Crippen LogP contribution >= 0.6 is 0 Å². The monoisotopic (exact) mass is 319 g/mol. The number of likely N-dealkylation sites (tertiary alicyclic amines) is 1. The summed E-state index contributed by atoms with van der Waals surface area (Å²) in [5.74, 6) is 2.16. The molecule has 0 spiro atoms. The third-order valence-corrected chi connectivity index (χ3v) is 5.37. The number of aryl methyl sites for hydroxylation is 1. The first-order valence-electron chi connectivity index (χ1n) is 8.95. The van der Waals surface area contributed by atoms with Crippen molar-refractivity contribution in [2.45, 2.75) is 58.0 Å². The number of amides is 1. The minimum absolute atomic E-state index is 0.210. The zero-order valence-corrected chi connectivity index (χ0v) is 14.5. The Balaban J connectivity index is 1.54. The molecule has 2 fully saturated rings. The first-order valence-corrected chi connectivity index (χ1v) is 8.95. The maximum absolute atomic E-state index is 12.3. The molecule has 3 rings (SSSR count). The van der Waals surface area contributed by atoms with Crippen LogP contribution < -0.4 is 5.32 Å². The molecule has 6 heteroatoms. The topological polar surface area (TPSA) is 63.1 Å². The first kappa shape index (κ1) is 16.4. The van der Waals surface area contributed by atoms with Crippen molar-refractivity contribution in [2.75, 3.05) is 13.1 Å². The van der Waals surface area contributed by atoms with Gasteiger partial charge in [-0.05, 0) is 31.6 Å². The van der Waals surface area contributed by atoms with E-state index in [0.717, 1.165) is 44.6 Å². The van der Waals surface area contributed by atoms with Crippen molar-refractivity contribution in [1.82, 2.24) is 25.0 Å². The van der Waals surface area contributed by atoms with Crippen LogP contribution in [0.3, 0.4) is 0 Å². The summed E-state index contributed by atoms with van der Waals surface area (Å²) in [5.41, 5.74) is 0. The van der Waals surface area contributed by atoms with E-state index in [9.17, 15) is 4.79 Å². The molecule has 1 saturated carbocycles. The molecule has 23 heavy (non-hydrogen) atoms. The Hall–Kier alpha value is -1.43. The standard InChI is InChI=1S/C17H29N5O/c1-12(2)15(16-18-11-19-21(16)3)20-14-7-9-22(10-8-14)17(23)13-5-4-6-13/h11-15,20H,4-10H2,1-3H3/t15-/m1/s1. The first-order chi connectivity index (χ1) is 11.1. The normalized spacial score (nSPS) is 21.5. The Morgan fingerprint density at radius 3 is 2.43 bits per heavy atom. The van der Waals surface area contributed by atoms with E-state index in [4.69, 9.17) is 0 Å². The van der Waals surface area contributed by atoms with Crippen LogP contribution in [0.15, 0.2) is 6.33 Å². The Bertz CT molecular complexity index is 529. The average molecular weight is 319 g/mol. The van der Waals surface area contributed by atoms with Crippen molar-refractivity contribution in [2.24, 2.45) is 18.9 Å². The second-order valence-electron chi connectivity index (χ2n) is 7.36. The SMILES string of the molecule is CC(C)[C@@H](NC1CCN(C(=O)C2CCC2)CC1)c1ncnn1C. The molecule has 1 aromatic rings. The van der Waals surface area contributed by atoms with Gasteiger partial charge in [0, 0.05) is 32.1 Å². The Labute approximate surface area is 138 Å². The fourth-order valence-corrected chi connectivity index (χ4v) is 3.59. The van der Waals surface area contributed by atoms with Gasteiger partial charge in [0.1, 0.15) is 12.2 Å². The number of rotatable bonds is 5. The van der Waals surface area contributed by atoms with E-state index < -0.39 is 0 Å². The van der Waals surface area contributed by atoms with Gasteiger partial charge in [-0.2, -0.15) is 5.10 Å². The van der Waals surface area contributed by atoms with Crippen molar-refractivity contribution in [3.63, 3.8) is 0 Å². The number of piperidine rings is 1. The minimum Gasteiger partial charge on any atom is -0.342 e. The van der Waals surface area contributed by atoms with Gasteiger partial charge in [-0.15, -0.1) is 0 Å². The minimum atomic E-state index is 0.210. The molecule has 6 nitrogen and oxygen atoms in total. The third-order valence-electron chi connectivity index (χ3n) is 5.37. The lowest BCUT2D eigenvalue weighted by Gasteiger charge is -2.38. The summed E-state index contributed by atoms with van der Waals surface area (Å²) in [7, 11) is 1.94. The van der Waals surface area contributed by atoms with Crippen LogP contribution in [0.25, 0.3) is 0 Å². The van der Waals surface area contributed by atoms with E-state index in [1.54, 1.807) is 6.33 Å². The van der Waals surface area contributed by atoms with Crippen LogP contribution in [-0.2, 0) is 11.8 Å². The molecule has 1 atom stereocenters. The number of carbonyl (C=O) groups excluding carboxylic acids is 1. The van der Waals surface area contributed by atoms with Crippen molar-refractivity contribution in [1.29, 1.82) is 0 Å². The predicted molar refractivity (Wildman–Crippen MR) is 88.7 cm³/mol. The zero-order chi connectivity index (χ0) is 16.4. The van der Waals surface area contributed by atoms with Crippen LogP contribution in [0.1, 0.15) is 57.8 Å². The van der Waals surface area contributed by atoms with Crippen molar-refractivity contribution in [3.8, 4) is 0 Å². The molecule has 1 saturated heterocycles. The molecule has 0 radical (unpaired) electrons. The molecule has 0 bridgehead atoms. The highest BCUT2D eigenvalue weighted by molar-refractivity contribution is 5.79. The van der Waals surface area contributed by atoms with Gasteiger partial charge in [-0.1, -0.05) is 20.3 Å². The van der Waals surface area contributed by atoms with Crippen LogP contribution in [-0.4, -0.2) is 44.7 Å². The molecule has 128 valence electrons. The zero-order valence-electron chi connectivity index (χ0n) is 14.5. The smallest absolute Gasteiger partial charge is 0.225 e. The fourth-order valence-electron chi connectivity index (χ4n) is 3.59. The van der Waals surface area contributed by atoms with Gasteiger partial charge >= 0.3 is 0 Å². The molecular formula is C17H29N5O. The molecule has 1 aliphatic heterocycles. The van der Waals surface area contributed by atoms with Gasteiger partial charge in [0.05, 0.1) is 6.04 Å². The van der Waals surface area contributed by atoms with Gasteiger partial charge < -0.3 is 10.2 Å². The molecule has 0 aromatic carbocycles. The predicted octanol–water partition coefficient (Wildman–Crippen LogP) is 1.89. The van der Waals surface area contributed by atoms with E-state index in [1.165, 1.54) is 6.42 Å². The summed E-state index contributed by atoms with van der Waals surface area (Å²) in [5, 5.41) is 7.95. The van der Waals surface area contributed by atoms with Crippen molar-refractivity contribution < 1.29 is 4.79 Å². The van der Waals surface area contributed by atoms with E-state index in [0.29, 0.717) is 23.8 Å². The molecule has 0 unspecified atom stereocenters. The number of nitrogens with one attached hydrogen (secondary N) is 1. The number of nitrogens with zero attached hydrogens (tertiary/aromatic N) is 4. The highest BCUT2D eigenvalue weighted by Crippen LogP contribution is 2.29. The lowest BCUT2D eigenvalue weighted by molar-refractivity contribution is -0.139. The summed E-state index contributed by atoms with van der Waals surface area (Å²) in [4.78, 5) is 18.8. The van der Waals surface area contributed by atoms with Crippen LogP contribution in [0.2, 0.25) is 0 Å². The van der Waals surface area contributed by atoms with Crippen LogP contribution in [0.4, 0.5) is 0 Å². The van der Waals surface area contributed by atoms with Crippen molar-refractivity contribution >= 4 is 5.91 Å². The van der Waals surface area contributed by atoms with E-state index in [1.807, 2.05) is 11.7 Å². The second kappa shape index (κ2) is 6.99. The van der Waals surface area contributed by atoms with Crippen LogP contribution in [0, 0.1) is 11.8 Å². The molecule has 1 aromatic heterocycles. The summed E-state index contributed by atoms with van der Waals surface area (Å²) in [6, 6.07) is 0.658. The summed E-state index contributed by atoms with van der Waals surface area (Å²) >= 11 is 0. The molecule has 2 heterocycles. The maximum atomic E-state index is 12.3. The number of carbonyl (C=O) groups is 1. The highest BCUT2D eigenvalue weighted by atomic mass is 16.2. The van der Waals surface area contributed by atoms with E-state index >= 15 is 0 Å². The Morgan fingerprint density at radius 2 is 1.96 bits per heavy atom. The third kappa shape index (κ3) is 3.57. The lowest BCUT2D eigenvalue weighted by Crippen LogP contribution is -2.49. The highest BCUT2D eigenvalue weighted by Gasteiger charge is 2.32. The number of hydrogen-bond acceptors (Lipinski definition) is 4. The lowest BCUT2D eigenvalue weighted by atomic mass is 9.84. The van der Waals surface area contributed by atoms with Gasteiger partial charge in [0.25, 0.3) is 0 Å². The van der Waals surface area contributed by atoms with Gasteiger partial charge in [-0.25, -0.2) is 4.98 Å². The second-order valence-corrected chi connectivity index (χ2v) is 7.36. The summed E-state index contributed by atoms with van der Waals surface area (Å²) in [6.07, 6.45) is 7.09. The van der Waals surface area contributed by atoms with E-state index in [-0.39, 0.29) is 6.04 Å². The van der Waals surface area contributed by atoms with Gasteiger partial charge in [0.2, 0.25) is 5.91 Å². The van der Waals surface area contributed by atoms with Crippen molar-refractivity contribution in [3.05, 3.63) is 12.2 Å².